The second kappa shape index (κ2) is 7.58. The number of nitrogens with one attached hydrogen (secondary N) is 1. The van der Waals surface area contributed by atoms with Crippen molar-refractivity contribution in [3.63, 3.8) is 0 Å². The van der Waals surface area contributed by atoms with Crippen LogP contribution >= 0.6 is 0 Å². The number of carbonyl (C=O) groups is 2. The molecule has 2 rings (SSSR count). The fraction of sp³-hybridized carbons (Fsp3) is 0.846. The SMILES string of the molecule is NC(=O)[C@H](CC1CCN(C(=O)N2CCOCC2)CC1)NO. The van der Waals surface area contributed by atoms with Crippen molar-refractivity contribution >= 4 is 11.9 Å². The van der Waals surface area contributed by atoms with E-state index in [0.29, 0.717) is 45.8 Å². The third-order valence-electron chi connectivity index (χ3n) is 4.23. The van der Waals surface area contributed by atoms with Gasteiger partial charge in [-0.3, -0.25) is 4.79 Å². The van der Waals surface area contributed by atoms with Gasteiger partial charge in [-0.1, -0.05) is 0 Å². The van der Waals surface area contributed by atoms with Crippen LogP contribution in [0.3, 0.4) is 0 Å². The normalized spacial score (nSPS) is 22.1. The molecule has 2 aliphatic rings. The van der Waals surface area contributed by atoms with Gasteiger partial charge in [0.15, 0.2) is 0 Å². The first kappa shape index (κ1) is 16.0. The van der Waals surface area contributed by atoms with Gasteiger partial charge in [0, 0.05) is 26.2 Å². The lowest BCUT2D eigenvalue weighted by Gasteiger charge is -2.37. The van der Waals surface area contributed by atoms with Crippen molar-refractivity contribution in [3.05, 3.63) is 0 Å². The Hall–Kier alpha value is -1.38. The quantitative estimate of drug-likeness (QED) is 0.599. The van der Waals surface area contributed by atoms with E-state index in [1.165, 1.54) is 0 Å². The number of hydrogen-bond donors (Lipinski definition) is 3. The maximum Gasteiger partial charge on any atom is 0.320 e. The molecular weight excluding hydrogens is 276 g/mol. The van der Waals surface area contributed by atoms with Crippen LogP contribution in [0.2, 0.25) is 0 Å². The van der Waals surface area contributed by atoms with Crippen molar-refractivity contribution < 1.29 is 19.5 Å². The van der Waals surface area contributed by atoms with E-state index >= 15 is 0 Å². The summed E-state index contributed by atoms with van der Waals surface area (Å²) in [6, 6.07) is -0.639. The number of carbonyl (C=O) groups excluding carboxylic acids is 2. The lowest BCUT2D eigenvalue weighted by Crippen LogP contribution is -2.51. The minimum absolute atomic E-state index is 0.0727. The molecule has 3 amide bonds. The van der Waals surface area contributed by atoms with E-state index in [2.05, 4.69) is 0 Å². The first-order chi connectivity index (χ1) is 10.1. The standard InChI is InChI=1S/C13H24N4O4/c14-12(18)11(15-20)9-10-1-3-16(4-2-10)13(19)17-5-7-21-8-6-17/h10-11,15,20H,1-9H2,(H2,14,18)/t11-/m0/s1. The number of hydroxylamine groups is 1. The molecule has 2 heterocycles. The number of rotatable bonds is 4. The van der Waals surface area contributed by atoms with Crippen LogP contribution in [0.25, 0.3) is 0 Å². The molecule has 0 radical (unpaired) electrons. The van der Waals surface area contributed by atoms with E-state index in [4.69, 9.17) is 15.7 Å². The van der Waals surface area contributed by atoms with E-state index in [0.717, 1.165) is 12.8 Å². The molecule has 0 aromatic heterocycles. The van der Waals surface area contributed by atoms with Crippen LogP contribution in [0.4, 0.5) is 4.79 Å². The van der Waals surface area contributed by atoms with Gasteiger partial charge in [0.1, 0.15) is 6.04 Å². The highest BCUT2D eigenvalue weighted by atomic mass is 16.5. The van der Waals surface area contributed by atoms with Crippen molar-refractivity contribution in [1.29, 1.82) is 0 Å². The monoisotopic (exact) mass is 300 g/mol. The predicted octanol–water partition coefficient (Wildman–Crippen LogP) is -0.627. The van der Waals surface area contributed by atoms with Crippen LogP contribution < -0.4 is 11.2 Å². The van der Waals surface area contributed by atoms with Crippen molar-refractivity contribution in [2.75, 3.05) is 39.4 Å². The van der Waals surface area contributed by atoms with Crippen molar-refractivity contribution in [3.8, 4) is 0 Å². The molecule has 2 saturated heterocycles. The third kappa shape index (κ3) is 4.29. The Balaban J connectivity index is 1.77. The summed E-state index contributed by atoms with van der Waals surface area (Å²) in [4.78, 5) is 27.1. The third-order valence-corrected chi connectivity index (χ3v) is 4.23. The van der Waals surface area contributed by atoms with Crippen molar-refractivity contribution in [1.82, 2.24) is 15.3 Å². The Labute approximate surface area is 124 Å². The number of morpholine rings is 1. The van der Waals surface area contributed by atoms with Crippen LogP contribution in [0, 0.1) is 5.92 Å². The Morgan fingerprint density at radius 1 is 1.19 bits per heavy atom. The number of nitrogens with zero attached hydrogens (tertiary/aromatic N) is 2. The number of likely N-dealkylation sites (tertiary alicyclic amines) is 1. The average molecular weight is 300 g/mol. The first-order valence-corrected chi connectivity index (χ1v) is 7.42. The minimum atomic E-state index is -0.712. The van der Waals surface area contributed by atoms with Crippen LogP contribution in [-0.2, 0) is 9.53 Å². The van der Waals surface area contributed by atoms with Crippen molar-refractivity contribution in [2.45, 2.75) is 25.3 Å². The second-order valence-electron chi connectivity index (χ2n) is 5.63. The molecule has 1 atom stereocenters. The molecular formula is C13H24N4O4. The van der Waals surface area contributed by atoms with Gasteiger partial charge in [-0.25, -0.2) is 4.79 Å². The molecule has 21 heavy (non-hydrogen) atoms. The average Bonchev–Trinajstić information content (AvgIpc) is 2.53. The first-order valence-electron chi connectivity index (χ1n) is 7.42. The van der Waals surface area contributed by atoms with E-state index < -0.39 is 11.9 Å². The fourth-order valence-electron chi connectivity index (χ4n) is 2.88. The Morgan fingerprint density at radius 3 is 2.29 bits per heavy atom. The van der Waals surface area contributed by atoms with E-state index in [1.54, 1.807) is 0 Å². The predicted molar refractivity (Wildman–Crippen MR) is 74.6 cm³/mol. The Kier molecular flexibility index (Phi) is 5.77. The lowest BCUT2D eigenvalue weighted by molar-refractivity contribution is -0.123. The van der Waals surface area contributed by atoms with Gasteiger partial charge >= 0.3 is 6.03 Å². The highest BCUT2D eigenvalue weighted by Gasteiger charge is 2.29. The molecule has 0 aromatic rings. The van der Waals surface area contributed by atoms with Crippen LogP contribution in [0.1, 0.15) is 19.3 Å². The van der Waals surface area contributed by atoms with Crippen LogP contribution in [0.5, 0.6) is 0 Å². The zero-order valence-electron chi connectivity index (χ0n) is 12.2. The molecule has 8 heteroatoms. The number of piperidine rings is 1. The largest absolute Gasteiger partial charge is 0.378 e. The fourth-order valence-corrected chi connectivity index (χ4v) is 2.88. The van der Waals surface area contributed by atoms with Gasteiger partial charge in [-0.05, 0) is 25.2 Å². The zero-order chi connectivity index (χ0) is 15.2. The Bertz CT molecular complexity index is 365. The van der Waals surface area contributed by atoms with Crippen LogP contribution in [-0.4, -0.2) is 72.4 Å². The highest BCUT2D eigenvalue weighted by Crippen LogP contribution is 2.23. The smallest absolute Gasteiger partial charge is 0.320 e. The molecule has 0 aromatic carbocycles. The minimum Gasteiger partial charge on any atom is -0.378 e. The second-order valence-corrected chi connectivity index (χ2v) is 5.63. The lowest BCUT2D eigenvalue weighted by atomic mass is 9.90. The number of amides is 3. The molecule has 120 valence electrons. The van der Waals surface area contributed by atoms with Gasteiger partial charge in [-0.15, -0.1) is 0 Å². The molecule has 0 spiro atoms. The van der Waals surface area contributed by atoms with E-state index in [1.807, 2.05) is 15.3 Å². The van der Waals surface area contributed by atoms with Gasteiger partial charge < -0.3 is 25.5 Å². The summed E-state index contributed by atoms with van der Waals surface area (Å²) in [5, 5.41) is 8.90. The van der Waals surface area contributed by atoms with Gasteiger partial charge in [0.05, 0.1) is 13.2 Å². The number of primary amides is 1. The summed E-state index contributed by atoms with van der Waals surface area (Å²) < 4.78 is 5.25. The molecule has 0 unspecified atom stereocenters. The summed E-state index contributed by atoms with van der Waals surface area (Å²) in [6.07, 6.45) is 2.15. The summed E-state index contributed by atoms with van der Waals surface area (Å²) in [5.41, 5.74) is 7.15. The molecule has 2 fully saturated rings. The number of ether oxygens (including phenoxy) is 1. The number of hydrogen-bond acceptors (Lipinski definition) is 5. The summed E-state index contributed by atoms with van der Waals surface area (Å²) in [7, 11) is 0. The van der Waals surface area contributed by atoms with E-state index in [-0.39, 0.29) is 11.9 Å². The molecule has 4 N–H and O–H groups in total. The molecule has 8 nitrogen and oxygen atoms in total. The summed E-state index contributed by atoms with van der Waals surface area (Å²) in [5.74, 6) is -0.264. The zero-order valence-corrected chi connectivity index (χ0v) is 12.2. The maximum absolute atomic E-state index is 12.3. The van der Waals surface area contributed by atoms with Crippen LogP contribution in [0.15, 0.2) is 0 Å². The summed E-state index contributed by atoms with van der Waals surface area (Å²) in [6.45, 7) is 3.86. The topological polar surface area (TPSA) is 108 Å². The Morgan fingerprint density at radius 2 is 1.76 bits per heavy atom. The molecule has 2 aliphatic heterocycles. The number of nitrogens with two attached hydrogens (primary N) is 1. The summed E-state index contributed by atoms with van der Waals surface area (Å²) >= 11 is 0. The maximum atomic E-state index is 12.3. The molecule has 0 bridgehead atoms. The van der Waals surface area contributed by atoms with Gasteiger partial charge in [0.2, 0.25) is 5.91 Å². The van der Waals surface area contributed by atoms with Gasteiger partial charge in [0.25, 0.3) is 0 Å². The van der Waals surface area contributed by atoms with E-state index in [9.17, 15) is 9.59 Å². The number of urea groups is 1. The van der Waals surface area contributed by atoms with Crippen molar-refractivity contribution in [2.24, 2.45) is 11.7 Å². The molecule has 0 saturated carbocycles. The van der Waals surface area contributed by atoms with Gasteiger partial charge in [-0.2, -0.15) is 5.48 Å². The molecule has 0 aliphatic carbocycles. The highest BCUT2D eigenvalue weighted by molar-refractivity contribution is 5.79.